The fraction of sp³-hybridized carbons (Fsp3) is 0.385. The van der Waals surface area contributed by atoms with Crippen molar-refractivity contribution in [2.45, 2.75) is 46.6 Å². The molecule has 0 aliphatic heterocycles. The number of benzene rings is 2. The van der Waals surface area contributed by atoms with Crippen molar-refractivity contribution >= 4 is 28.4 Å². The standard InChI is InChI=1S/C26H32ClN3O/c1-5-30(6-2)15-9-10-19(4)28-26(31)22-17-25(20-11-7-8-12-23(20)27)29-24-14-13-18(3)16-21(22)24/h7-8,11-14,16-17,19H,5-6,9-10,15H2,1-4H3,(H,28,31). The summed E-state index contributed by atoms with van der Waals surface area (Å²) in [5.74, 6) is -0.0679. The molecule has 1 unspecified atom stereocenters. The van der Waals surface area contributed by atoms with Gasteiger partial charge >= 0.3 is 0 Å². The highest BCUT2D eigenvalue weighted by Crippen LogP contribution is 2.30. The third kappa shape index (κ3) is 5.84. The quantitative estimate of drug-likeness (QED) is 0.439. The van der Waals surface area contributed by atoms with Gasteiger partial charge in [0.05, 0.1) is 16.8 Å². The van der Waals surface area contributed by atoms with Crippen LogP contribution in [0.1, 0.15) is 49.5 Å². The van der Waals surface area contributed by atoms with E-state index in [1.54, 1.807) is 0 Å². The van der Waals surface area contributed by atoms with Crippen molar-refractivity contribution in [3.63, 3.8) is 0 Å². The minimum Gasteiger partial charge on any atom is -0.350 e. The van der Waals surface area contributed by atoms with Crippen molar-refractivity contribution in [2.24, 2.45) is 0 Å². The Morgan fingerprint density at radius 1 is 1.13 bits per heavy atom. The Balaban J connectivity index is 1.86. The highest BCUT2D eigenvalue weighted by Gasteiger charge is 2.17. The summed E-state index contributed by atoms with van der Waals surface area (Å²) in [5.41, 5.74) is 4.07. The Morgan fingerprint density at radius 2 is 1.87 bits per heavy atom. The van der Waals surface area contributed by atoms with E-state index in [0.717, 1.165) is 54.5 Å². The largest absolute Gasteiger partial charge is 0.350 e. The van der Waals surface area contributed by atoms with E-state index >= 15 is 0 Å². The van der Waals surface area contributed by atoms with Crippen LogP contribution < -0.4 is 5.32 Å². The number of amides is 1. The van der Waals surface area contributed by atoms with Crippen LogP contribution in [0.4, 0.5) is 0 Å². The second kappa shape index (κ2) is 10.7. The summed E-state index contributed by atoms with van der Waals surface area (Å²) in [6.07, 6.45) is 2.01. The molecule has 0 aliphatic rings. The van der Waals surface area contributed by atoms with E-state index in [2.05, 4.69) is 31.0 Å². The van der Waals surface area contributed by atoms with E-state index < -0.39 is 0 Å². The van der Waals surface area contributed by atoms with Gasteiger partial charge in [0.2, 0.25) is 0 Å². The molecule has 0 spiro atoms. The predicted octanol–water partition coefficient (Wildman–Crippen LogP) is 6.10. The maximum atomic E-state index is 13.3. The third-order valence-corrected chi connectivity index (χ3v) is 6.07. The van der Waals surface area contributed by atoms with E-state index in [-0.39, 0.29) is 11.9 Å². The first-order valence-electron chi connectivity index (χ1n) is 11.1. The number of aryl methyl sites for hydroxylation is 1. The van der Waals surface area contributed by atoms with E-state index in [1.165, 1.54) is 0 Å². The lowest BCUT2D eigenvalue weighted by Gasteiger charge is -2.20. The zero-order chi connectivity index (χ0) is 22.4. The van der Waals surface area contributed by atoms with Gasteiger partial charge in [-0.05, 0) is 70.6 Å². The van der Waals surface area contributed by atoms with Crippen LogP contribution in [-0.2, 0) is 0 Å². The van der Waals surface area contributed by atoms with Crippen molar-refractivity contribution in [2.75, 3.05) is 19.6 Å². The molecule has 1 atom stereocenters. The number of aromatic nitrogens is 1. The number of nitrogens with one attached hydrogen (secondary N) is 1. The van der Waals surface area contributed by atoms with Crippen molar-refractivity contribution < 1.29 is 4.79 Å². The fourth-order valence-corrected chi connectivity index (χ4v) is 4.10. The van der Waals surface area contributed by atoms with Gasteiger partial charge in [-0.1, -0.05) is 55.3 Å². The average Bonchev–Trinajstić information content (AvgIpc) is 2.76. The zero-order valence-corrected chi connectivity index (χ0v) is 19.7. The molecule has 0 aliphatic carbocycles. The van der Waals surface area contributed by atoms with Gasteiger partial charge in [-0.3, -0.25) is 4.79 Å². The monoisotopic (exact) mass is 437 g/mol. The minimum atomic E-state index is -0.0679. The van der Waals surface area contributed by atoms with Crippen LogP contribution in [-0.4, -0.2) is 41.5 Å². The second-order valence-corrected chi connectivity index (χ2v) is 8.51. The van der Waals surface area contributed by atoms with E-state index in [4.69, 9.17) is 16.6 Å². The third-order valence-electron chi connectivity index (χ3n) is 5.74. The van der Waals surface area contributed by atoms with Crippen LogP contribution in [0.5, 0.6) is 0 Å². The second-order valence-electron chi connectivity index (χ2n) is 8.10. The molecule has 1 heterocycles. The molecule has 1 aromatic heterocycles. The Morgan fingerprint density at radius 3 is 2.58 bits per heavy atom. The summed E-state index contributed by atoms with van der Waals surface area (Å²) in [6.45, 7) is 11.6. The number of hydrogen-bond acceptors (Lipinski definition) is 3. The van der Waals surface area contributed by atoms with Crippen LogP contribution in [0.25, 0.3) is 22.2 Å². The van der Waals surface area contributed by atoms with Gasteiger partial charge in [-0.25, -0.2) is 4.98 Å². The number of hydrogen-bond donors (Lipinski definition) is 1. The zero-order valence-electron chi connectivity index (χ0n) is 18.9. The van der Waals surface area contributed by atoms with Crippen molar-refractivity contribution in [1.82, 2.24) is 15.2 Å². The number of carbonyl (C=O) groups is 1. The molecule has 0 fully saturated rings. The summed E-state index contributed by atoms with van der Waals surface area (Å²) >= 11 is 6.41. The Kier molecular flexibility index (Phi) is 8.05. The molecule has 0 radical (unpaired) electrons. The molecule has 0 bridgehead atoms. The van der Waals surface area contributed by atoms with Gasteiger partial charge in [0.15, 0.2) is 0 Å². The van der Waals surface area contributed by atoms with Crippen molar-refractivity contribution in [3.05, 3.63) is 64.7 Å². The van der Waals surface area contributed by atoms with Gasteiger partial charge in [0.1, 0.15) is 0 Å². The lowest BCUT2D eigenvalue weighted by Crippen LogP contribution is -2.34. The normalized spacial score (nSPS) is 12.3. The van der Waals surface area contributed by atoms with Crippen molar-refractivity contribution in [3.8, 4) is 11.3 Å². The van der Waals surface area contributed by atoms with Crippen LogP contribution >= 0.6 is 11.6 Å². The molecule has 0 saturated carbocycles. The van der Waals surface area contributed by atoms with Crippen LogP contribution in [0.15, 0.2) is 48.5 Å². The van der Waals surface area contributed by atoms with Gasteiger partial charge in [-0.2, -0.15) is 0 Å². The van der Waals surface area contributed by atoms with Gasteiger partial charge < -0.3 is 10.2 Å². The van der Waals surface area contributed by atoms with Gasteiger partial charge in [0, 0.05) is 22.0 Å². The minimum absolute atomic E-state index is 0.0679. The molecule has 0 saturated heterocycles. The molecule has 3 rings (SSSR count). The van der Waals surface area contributed by atoms with Crippen LogP contribution in [0.2, 0.25) is 5.02 Å². The molecular weight excluding hydrogens is 406 g/mol. The summed E-state index contributed by atoms with van der Waals surface area (Å²) in [6, 6.07) is 15.6. The predicted molar refractivity (Wildman–Crippen MR) is 131 cm³/mol. The van der Waals surface area contributed by atoms with Crippen LogP contribution in [0.3, 0.4) is 0 Å². The maximum Gasteiger partial charge on any atom is 0.252 e. The van der Waals surface area contributed by atoms with E-state index in [9.17, 15) is 4.79 Å². The molecule has 31 heavy (non-hydrogen) atoms. The topological polar surface area (TPSA) is 45.2 Å². The molecule has 1 amide bonds. The highest BCUT2D eigenvalue weighted by atomic mass is 35.5. The number of rotatable bonds is 9. The summed E-state index contributed by atoms with van der Waals surface area (Å²) in [5, 5.41) is 4.68. The first-order valence-corrected chi connectivity index (χ1v) is 11.5. The Labute approximate surface area is 190 Å². The number of halogens is 1. The first kappa shape index (κ1) is 23.2. The van der Waals surface area contributed by atoms with Gasteiger partial charge in [-0.15, -0.1) is 0 Å². The lowest BCUT2D eigenvalue weighted by molar-refractivity contribution is 0.0939. The molecule has 4 nitrogen and oxygen atoms in total. The maximum absolute atomic E-state index is 13.3. The van der Waals surface area contributed by atoms with E-state index in [0.29, 0.717) is 16.3 Å². The number of nitrogens with zero attached hydrogens (tertiary/aromatic N) is 2. The number of pyridine rings is 1. The van der Waals surface area contributed by atoms with E-state index in [1.807, 2.05) is 55.5 Å². The fourth-order valence-electron chi connectivity index (χ4n) is 3.87. The molecule has 164 valence electrons. The summed E-state index contributed by atoms with van der Waals surface area (Å²) in [4.78, 5) is 20.5. The Hall–Kier alpha value is -2.43. The molecule has 1 N–H and O–H groups in total. The molecule has 3 aromatic rings. The van der Waals surface area contributed by atoms with Crippen molar-refractivity contribution in [1.29, 1.82) is 0 Å². The summed E-state index contributed by atoms with van der Waals surface area (Å²) in [7, 11) is 0. The summed E-state index contributed by atoms with van der Waals surface area (Å²) < 4.78 is 0. The molecule has 2 aromatic carbocycles. The molecule has 5 heteroatoms. The van der Waals surface area contributed by atoms with Crippen LogP contribution in [0, 0.1) is 6.92 Å². The first-order chi connectivity index (χ1) is 14.9. The lowest BCUT2D eigenvalue weighted by atomic mass is 10.0. The SMILES string of the molecule is CCN(CC)CCCC(C)NC(=O)c1cc(-c2ccccc2Cl)nc2ccc(C)cc12. The average molecular weight is 438 g/mol. The van der Waals surface area contributed by atoms with Gasteiger partial charge in [0.25, 0.3) is 5.91 Å². The molecular formula is C26H32ClN3O. The highest BCUT2D eigenvalue weighted by molar-refractivity contribution is 6.33. The number of carbonyl (C=O) groups excluding carboxylic acids is 1. The smallest absolute Gasteiger partial charge is 0.252 e. The number of fused-ring (bicyclic) bond motifs is 1. The Bertz CT molecular complexity index is 1050.